The number of rotatable bonds is 10. The highest BCUT2D eigenvalue weighted by molar-refractivity contribution is 5.65. The third kappa shape index (κ3) is 5.78. The van der Waals surface area contributed by atoms with E-state index in [1.165, 1.54) is 37.8 Å². The molecule has 0 amide bonds. The Morgan fingerprint density at radius 3 is 2.38 bits per heavy atom. The zero-order valence-electron chi connectivity index (χ0n) is 15.0. The van der Waals surface area contributed by atoms with Crippen LogP contribution in [0.5, 0.6) is 0 Å². The Hall–Kier alpha value is -1.62. The number of anilines is 1. The number of nitrogens with zero attached hydrogens (tertiary/aromatic N) is 3. The predicted octanol–water partition coefficient (Wildman–Crippen LogP) is 1.83. The molecule has 5 heteroatoms. The minimum Gasteiger partial charge on any atom is -0.544 e. The highest BCUT2D eigenvalue weighted by Crippen LogP contribution is 2.20. The van der Waals surface area contributed by atoms with Crippen LogP contribution in [-0.2, 0) is 4.79 Å². The fourth-order valence-corrected chi connectivity index (χ4v) is 3.66. The number of carboxylic acids is 1. The second-order valence-electron chi connectivity index (χ2n) is 7.00. The molecule has 0 radical (unpaired) electrons. The van der Waals surface area contributed by atoms with Gasteiger partial charge in [0.15, 0.2) is 0 Å². The van der Waals surface area contributed by atoms with Gasteiger partial charge < -0.3 is 19.3 Å². The molecule has 1 aliphatic rings. The number of aromatic nitrogens is 1. The maximum atomic E-state index is 11.2. The smallest absolute Gasteiger partial charge is 0.119 e. The molecule has 0 atom stereocenters. The monoisotopic (exact) mass is 333 g/mol. The van der Waals surface area contributed by atoms with Crippen LogP contribution in [0.4, 0.5) is 5.69 Å². The van der Waals surface area contributed by atoms with Crippen LogP contribution >= 0.6 is 0 Å². The van der Waals surface area contributed by atoms with E-state index in [0.29, 0.717) is 4.48 Å². The van der Waals surface area contributed by atoms with Crippen molar-refractivity contribution in [2.75, 3.05) is 44.2 Å². The molecule has 1 saturated heterocycles. The average molecular weight is 333 g/mol. The maximum absolute atomic E-state index is 11.2. The van der Waals surface area contributed by atoms with E-state index < -0.39 is 5.97 Å². The molecular formula is C19H31N3O2. The van der Waals surface area contributed by atoms with Gasteiger partial charge in [-0.15, -0.1) is 0 Å². The zero-order chi connectivity index (χ0) is 17.3. The Balaban J connectivity index is 1.84. The third-order valence-corrected chi connectivity index (χ3v) is 5.17. The molecule has 0 aromatic carbocycles. The number of hydrogen-bond donors (Lipinski definition) is 0. The minimum absolute atomic E-state index is 0.152. The van der Waals surface area contributed by atoms with E-state index in [1.807, 2.05) is 24.5 Å². The Morgan fingerprint density at radius 1 is 1.12 bits per heavy atom. The lowest BCUT2D eigenvalue weighted by molar-refractivity contribution is -0.923. The first-order chi connectivity index (χ1) is 11.7. The van der Waals surface area contributed by atoms with Crippen LogP contribution in [0.3, 0.4) is 0 Å². The molecule has 134 valence electrons. The van der Waals surface area contributed by atoms with Crippen LogP contribution < -0.4 is 10.0 Å². The zero-order valence-corrected chi connectivity index (χ0v) is 15.0. The summed E-state index contributed by atoms with van der Waals surface area (Å²) in [6.45, 7) is 6.89. The summed E-state index contributed by atoms with van der Waals surface area (Å²) in [5.41, 5.74) is 1.18. The highest BCUT2D eigenvalue weighted by Gasteiger charge is 2.32. The number of unbranched alkanes of at least 4 members (excludes halogenated alkanes) is 5. The Kier molecular flexibility index (Phi) is 7.50. The summed E-state index contributed by atoms with van der Waals surface area (Å²) >= 11 is 0. The molecule has 0 aliphatic carbocycles. The van der Waals surface area contributed by atoms with Crippen molar-refractivity contribution in [2.24, 2.45) is 0 Å². The highest BCUT2D eigenvalue weighted by atomic mass is 16.4. The molecule has 2 rings (SSSR count). The fourth-order valence-electron chi connectivity index (χ4n) is 3.66. The summed E-state index contributed by atoms with van der Waals surface area (Å²) in [4.78, 5) is 17.6. The van der Waals surface area contributed by atoms with Crippen molar-refractivity contribution in [3.8, 4) is 0 Å². The van der Waals surface area contributed by atoms with Gasteiger partial charge in [0.1, 0.15) is 6.54 Å². The molecular weight excluding hydrogens is 302 g/mol. The van der Waals surface area contributed by atoms with Gasteiger partial charge in [-0.1, -0.05) is 32.6 Å². The summed E-state index contributed by atoms with van der Waals surface area (Å²) in [5.74, 6) is -0.918. The van der Waals surface area contributed by atoms with Crippen LogP contribution in [0.25, 0.3) is 0 Å². The van der Waals surface area contributed by atoms with Gasteiger partial charge in [-0.25, -0.2) is 0 Å². The standard InChI is InChI=1S/C19H31N3O2/c1-2-3-4-5-6-7-14-22(17-19(23)24)15-12-21(13-16-22)18-8-10-20-11-9-18/h8-11H,2-7,12-17H2,1H3. The second-order valence-corrected chi connectivity index (χ2v) is 7.00. The van der Waals surface area contributed by atoms with E-state index in [4.69, 9.17) is 0 Å². The third-order valence-electron chi connectivity index (χ3n) is 5.17. The second kappa shape index (κ2) is 9.62. The van der Waals surface area contributed by atoms with Crippen LogP contribution in [0.1, 0.15) is 45.4 Å². The molecule has 1 fully saturated rings. The number of carbonyl (C=O) groups excluding carboxylic acids is 1. The van der Waals surface area contributed by atoms with E-state index in [-0.39, 0.29) is 6.54 Å². The van der Waals surface area contributed by atoms with Gasteiger partial charge in [-0.2, -0.15) is 0 Å². The van der Waals surface area contributed by atoms with Gasteiger partial charge >= 0.3 is 0 Å². The van der Waals surface area contributed by atoms with Gasteiger partial charge in [-0.05, 0) is 25.0 Å². The van der Waals surface area contributed by atoms with Crippen molar-refractivity contribution in [1.29, 1.82) is 0 Å². The summed E-state index contributed by atoms with van der Waals surface area (Å²) in [6, 6.07) is 4.04. The number of carboxylic acid groups (broad SMARTS) is 1. The molecule has 0 saturated carbocycles. The fraction of sp³-hybridized carbons (Fsp3) is 0.684. The Morgan fingerprint density at radius 2 is 1.75 bits per heavy atom. The van der Waals surface area contributed by atoms with Crippen molar-refractivity contribution < 1.29 is 14.4 Å². The number of aliphatic carboxylic acids is 1. The van der Waals surface area contributed by atoms with Gasteiger partial charge in [0.2, 0.25) is 0 Å². The number of hydrogen-bond acceptors (Lipinski definition) is 4. The number of quaternary nitrogens is 1. The van der Waals surface area contributed by atoms with Gasteiger partial charge in [0.25, 0.3) is 0 Å². The minimum atomic E-state index is -0.918. The lowest BCUT2D eigenvalue weighted by Crippen LogP contribution is -2.63. The van der Waals surface area contributed by atoms with Crippen molar-refractivity contribution in [3.63, 3.8) is 0 Å². The Labute approximate surface area is 145 Å². The van der Waals surface area contributed by atoms with Crippen LogP contribution in [-0.4, -0.2) is 54.7 Å². The van der Waals surface area contributed by atoms with E-state index in [1.54, 1.807) is 0 Å². The number of carbonyl (C=O) groups is 1. The average Bonchev–Trinajstić information content (AvgIpc) is 2.59. The van der Waals surface area contributed by atoms with Gasteiger partial charge in [0, 0.05) is 18.1 Å². The van der Waals surface area contributed by atoms with Crippen LogP contribution in [0.2, 0.25) is 0 Å². The summed E-state index contributed by atoms with van der Waals surface area (Å²) < 4.78 is 0.678. The molecule has 0 unspecified atom stereocenters. The van der Waals surface area contributed by atoms with E-state index >= 15 is 0 Å². The van der Waals surface area contributed by atoms with E-state index in [2.05, 4.69) is 16.8 Å². The first-order valence-corrected chi connectivity index (χ1v) is 9.35. The molecule has 0 spiro atoms. The summed E-state index contributed by atoms with van der Waals surface area (Å²) in [6.07, 6.45) is 11.1. The quantitative estimate of drug-likeness (QED) is 0.484. The lowest BCUT2D eigenvalue weighted by atomic mass is 10.1. The predicted molar refractivity (Wildman–Crippen MR) is 94.6 cm³/mol. The number of pyridine rings is 1. The van der Waals surface area contributed by atoms with Crippen molar-refractivity contribution in [2.45, 2.75) is 45.4 Å². The molecule has 5 nitrogen and oxygen atoms in total. The summed E-state index contributed by atoms with van der Waals surface area (Å²) in [5, 5.41) is 11.2. The van der Waals surface area contributed by atoms with Crippen LogP contribution in [0, 0.1) is 0 Å². The van der Waals surface area contributed by atoms with E-state index in [9.17, 15) is 9.90 Å². The van der Waals surface area contributed by atoms with Crippen LogP contribution in [0.15, 0.2) is 24.5 Å². The Bertz CT molecular complexity index is 485. The van der Waals surface area contributed by atoms with Gasteiger partial charge in [-0.3, -0.25) is 4.98 Å². The molecule has 1 aliphatic heterocycles. The topological polar surface area (TPSA) is 56.3 Å². The molecule has 1 aromatic heterocycles. The molecule has 2 heterocycles. The van der Waals surface area contributed by atoms with Crippen molar-refractivity contribution >= 4 is 11.7 Å². The largest absolute Gasteiger partial charge is 0.544 e. The molecule has 0 N–H and O–H groups in total. The van der Waals surface area contributed by atoms with Gasteiger partial charge in [0.05, 0.1) is 38.7 Å². The van der Waals surface area contributed by atoms with Crippen molar-refractivity contribution in [3.05, 3.63) is 24.5 Å². The molecule has 1 aromatic rings. The normalized spacial score (nSPS) is 17.0. The van der Waals surface area contributed by atoms with E-state index in [0.717, 1.165) is 39.1 Å². The van der Waals surface area contributed by atoms with Crippen molar-refractivity contribution in [1.82, 2.24) is 4.98 Å². The lowest BCUT2D eigenvalue weighted by Gasteiger charge is -2.45. The maximum Gasteiger partial charge on any atom is 0.119 e. The molecule has 0 bridgehead atoms. The summed E-state index contributed by atoms with van der Waals surface area (Å²) in [7, 11) is 0. The number of piperazine rings is 1. The SMILES string of the molecule is CCCCCCCC[N+]1(CC(=O)[O-])CCN(c2ccncc2)CC1. The first kappa shape index (κ1) is 18.7. The molecule has 24 heavy (non-hydrogen) atoms. The first-order valence-electron chi connectivity index (χ1n) is 9.35.